The molecule has 2 fully saturated rings. The van der Waals surface area contributed by atoms with Crippen LogP contribution < -0.4 is 16.0 Å². The molecule has 7 heteroatoms. The Balaban J connectivity index is 1.36. The summed E-state index contributed by atoms with van der Waals surface area (Å²) in [5.74, 6) is -0.754. The van der Waals surface area contributed by atoms with E-state index in [1.165, 1.54) is 0 Å². The molecule has 7 nitrogen and oxygen atoms in total. The maximum absolute atomic E-state index is 12.9. The van der Waals surface area contributed by atoms with Crippen molar-refractivity contribution in [2.24, 2.45) is 5.41 Å². The number of hydrogen-bond acceptors (Lipinski definition) is 5. The van der Waals surface area contributed by atoms with Gasteiger partial charge in [0.25, 0.3) is 5.91 Å². The third-order valence-corrected chi connectivity index (χ3v) is 5.98. The molecule has 3 aliphatic heterocycles. The van der Waals surface area contributed by atoms with E-state index < -0.39 is 6.04 Å². The van der Waals surface area contributed by atoms with Crippen molar-refractivity contribution in [1.29, 1.82) is 0 Å². The van der Waals surface area contributed by atoms with Crippen LogP contribution in [0.4, 0.5) is 0 Å². The number of benzene rings is 1. The third kappa shape index (κ3) is 3.82. The Morgan fingerprint density at radius 2 is 2.07 bits per heavy atom. The summed E-state index contributed by atoms with van der Waals surface area (Å²) in [4.78, 5) is 37.9. The van der Waals surface area contributed by atoms with Gasteiger partial charge in [0.15, 0.2) is 0 Å². The summed E-state index contributed by atoms with van der Waals surface area (Å²) in [6.07, 6.45) is 1.82. The van der Waals surface area contributed by atoms with Gasteiger partial charge in [0.05, 0.1) is 0 Å². The van der Waals surface area contributed by atoms with Gasteiger partial charge in [0.2, 0.25) is 11.8 Å². The Morgan fingerprint density at radius 3 is 2.79 bits per heavy atom. The molecule has 150 valence electrons. The number of rotatable bonds is 5. The molecule has 3 aliphatic rings. The number of carbonyl (C=O) groups is 3. The molecule has 0 radical (unpaired) electrons. The Bertz CT molecular complexity index is 820. The summed E-state index contributed by atoms with van der Waals surface area (Å²) in [5.41, 5.74) is 3.03. The quantitative estimate of drug-likeness (QED) is 0.657. The molecule has 0 spiro atoms. The van der Waals surface area contributed by atoms with Crippen LogP contribution >= 0.6 is 0 Å². The van der Waals surface area contributed by atoms with Crippen LogP contribution in [-0.2, 0) is 22.7 Å². The van der Waals surface area contributed by atoms with Gasteiger partial charge >= 0.3 is 0 Å². The van der Waals surface area contributed by atoms with E-state index in [4.69, 9.17) is 0 Å². The van der Waals surface area contributed by atoms with E-state index in [2.05, 4.69) is 29.8 Å². The van der Waals surface area contributed by atoms with Gasteiger partial charge in [-0.1, -0.05) is 26.0 Å². The minimum Gasteiger partial charge on any atom is -0.322 e. The first-order valence-corrected chi connectivity index (χ1v) is 10.0. The van der Waals surface area contributed by atoms with Crippen LogP contribution in [0.15, 0.2) is 18.2 Å². The molecular formula is C21H28N4O3. The van der Waals surface area contributed by atoms with E-state index in [9.17, 15) is 14.4 Å². The highest BCUT2D eigenvalue weighted by atomic mass is 16.2. The molecule has 0 aromatic heterocycles. The molecule has 3 heterocycles. The highest BCUT2D eigenvalue weighted by molar-refractivity contribution is 6.05. The number of piperidine rings is 1. The Kier molecular flexibility index (Phi) is 4.97. The van der Waals surface area contributed by atoms with Gasteiger partial charge in [-0.3, -0.25) is 19.7 Å². The van der Waals surface area contributed by atoms with Crippen LogP contribution in [0.1, 0.15) is 54.6 Å². The minimum absolute atomic E-state index is 0.120. The van der Waals surface area contributed by atoms with Gasteiger partial charge in [0, 0.05) is 44.2 Å². The lowest BCUT2D eigenvalue weighted by atomic mass is 9.91. The van der Waals surface area contributed by atoms with Gasteiger partial charge in [-0.05, 0) is 35.4 Å². The SMILES string of the molecule is CC1(C)CNC(CNCc2ccc3c(c2)C(=O)N(C2CCC(=O)NC2=O)C3)C1. The fourth-order valence-electron chi connectivity index (χ4n) is 4.48. The topological polar surface area (TPSA) is 90.5 Å². The molecule has 4 rings (SSSR count). The van der Waals surface area contributed by atoms with Gasteiger partial charge in [0.1, 0.15) is 6.04 Å². The summed E-state index contributed by atoms with van der Waals surface area (Å²) in [7, 11) is 0. The van der Waals surface area contributed by atoms with E-state index in [-0.39, 0.29) is 24.1 Å². The average Bonchev–Trinajstić information content (AvgIpc) is 3.15. The molecule has 1 aromatic carbocycles. The zero-order valence-electron chi connectivity index (χ0n) is 16.5. The lowest BCUT2D eigenvalue weighted by molar-refractivity contribution is -0.136. The normalized spacial score (nSPS) is 26.5. The van der Waals surface area contributed by atoms with Crippen LogP contribution in [-0.4, -0.2) is 47.8 Å². The fraction of sp³-hybridized carbons (Fsp3) is 0.571. The summed E-state index contributed by atoms with van der Waals surface area (Å²) in [6.45, 7) is 7.63. The number of nitrogens with one attached hydrogen (secondary N) is 3. The van der Waals surface area contributed by atoms with E-state index in [1.807, 2.05) is 18.2 Å². The number of imide groups is 1. The van der Waals surface area contributed by atoms with E-state index in [0.29, 0.717) is 36.5 Å². The molecule has 2 saturated heterocycles. The molecule has 2 atom stereocenters. The molecule has 1 aromatic rings. The van der Waals surface area contributed by atoms with Crippen molar-refractivity contribution < 1.29 is 14.4 Å². The van der Waals surface area contributed by atoms with Crippen molar-refractivity contribution in [3.63, 3.8) is 0 Å². The predicted molar refractivity (Wildman–Crippen MR) is 104 cm³/mol. The van der Waals surface area contributed by atoms with E-state index in [1.54, 1.807) is 4.90 Å². The van der Waals surface area contributed by atoms with Crippen molar-refractivity contribution in [2.75, 3.05) is 13.1 Å². The lowest BCUT2D eigenvalue weighted by Gasteiger charge is -2.29. The summed E-state index contributed by atoms with van der Waals surface area (Å²) < 4.78 is 0. The van der Waals surface area contributed by atoms with Gasteiger partial charge in [-0.15, -0.1) is 0 Å². The largest absolute Gasteiger partial charge is 0.322 e. The molecule has 2 unspecified atom stereocenters. The number of carbonyl (C=O) groups excluding carboxylic acids is 3. The van der Waals surface area contributed by atoms with Gasteiger partial charge in [-0.2, -0.15) is 0 Å². The van der Waals surface area contributed by atoms with Gasteiger partial charge in [-0.25, -0.2) is 0 Å². The van der Waals surface area contributed by atoms with Gasteiger partial charge < -0.3 is 15.5 Å². The maximum atomic E-state index is 12.9. The second-order valence-corrected chi connectivity index (χ2v) is 8.97. The Morgan fingerprint density at radius 1 is 1.25 bits per heavy atom. The maximum Gasteiger partial charge on any atom is 0.255 e. The smallest absolute Gasteiger partial charge is 0.255 e. The molecule has 28 heavy (non-hydrogen) atoms. The monoisotopic (exact) mass is 384 g/mol. The first-order chi connectivity index (χ1) is 13.3. The zero-order chi connectivity index (χ0) is 19.9. The zero-order valence-corrected chi connectivity index (χ0v) is 16.5. The molecule has 0 saturated carbocycles. The first-order valence-electron chi connectivity index (χ1n) is 10.0. The number of nitrogens with zero attached hydrogens (tertiary/aromatic N) is 1. The average molecular weight is 384 g/mol. The summed E-state index contributed by atoms with van der Waals surface area (Å²) in [6, 6.07) is 5.87. The molecule has 3 amide bonds. The lowest BCUT2D eigenvalue weighted by Crippen LogP contribution is -2.52. The standard InChI is InChI=1S/C21H28N4O3/c1-21(2)8-15(23-12-21)10-22-9-13-3-4-14-11-25(20(28)16(14)7-13)17-5-6-18(26)24-19(17)27/h3-4,7,15,17,22-23H,5-6,8-12H2,1-2H3,(H,24,26,27). The second kappa shape index (κ2) is 7.29. The van der Waals surface area contributed by atoms with Crippen LogP contribution in [0.3, 0.4) is 0 Å². The summed E-state index contributed by atoms with van der Waals surface area (Å²) in [5, 5.41) is 9.37. The Hall–Kier alpha value is -2.25. The molecular weight excluding hydrogens is 356 g/mol. The molecule has 0 bridgehead atoms. The summed E-state index contributed by atoms with van der Waals surface area (Å²) >= 11 is 0. The fourth-order valence-corrected chi connectivity index (χ4v) is 4.48. The highest BCUT2D eigenvalue weighted by Crippen LogP contribution is 2.29. The third-order valence-electron chi connectivity index (χ3n) is 5.98. The second-order valence-electron chi connectivity index (χ2n) is 8.97. The highest BCUT2D eigenvalue weighted by Gasteiger charge is 2.39. The van der Waals surface area contributed by atoms with E-state index in [0.717, 1.165) is 30.6 Å². The number of hydrogen-bond donors (Lipinski definition) is 3. The van der Waals surface area contributed by atoms with Crippen LogP contribution in [0.2, 0.25) is 0 Å². The van der Waals surface area contributed by atoms with Crippen molar-refractivity contribution in [2.45, 2.75) is 58.3 Å². The Labute approximate surface area is 165 Å². The van der Waals surface area contributed by atoms with Crippen molar-refractivity contribution >= 4 is 17.7 Å². The molecule has 0 aliphatic carbocycles. The molecule has 3 N–H and O–H groups in total. The van der Waals surface area contributed by atoms with Crippen LogP contribution in [0.5, 0.6) is 0 Å². The van der Waals surface area contributed by atoms with Crippen LogP contribution in [0, 0.1) is 5.41 Å². The van der Waals surface area contributed by atoms with E-state index >= 15 is 0 Å². The van der Waals surface area contributed by atoms with Crippen molar-refractivity contribution in [3.8, 4) is 0 Å². The number of amides is 3. The number of fused-ring (bicyclic) bond motifs is 1. The first kappa shape index (κ1) is 19.1. The minimum atomic E-state index is -0.559. The van der Waals surface area contributed by atoms with Crippen LogP contribution in [0.25, 0.3) is 0 Å². The predicted octanol–water partition coefficient (Wildman–Crippen LogP) is 0.925. The van der Waals surface area contributed by atoms with Crippen molar-refractivity contribution in [3.05, 3.63) is 34.9 Å². The van der Waals surface area contributed by atoms with Crippen molar-refractivity contribution in [1.82, 2.24) is 20.9 Å².